The predicted octanol–water partition coefficient (Wildman–Crippen LogP) is 2.83. The second-order valence-corrected chi connectivity index (χ2v) is 10.6. The molecule has 0 radical (unpaired) electrons. The maximum atomic E-state index is 13.7. The van der Waals surface area contributed by atoms with Crippen LogP contribution >= 0.6 is 0 Å². The van der Waals surface area contributed by atoms with Crippen molar-refractivity contribution >= 4 is 21.6 Å². The minimum Gasteiger partial charge on any atom is -0.492 e. The largest absolute Gasteiger partial charge is 0.492 e. The zero-order valence-corrected chi connectivity index (χ0v) is 21.0. The van der Waals surface area contributed by atoms with Gasteiger partial charge in [-0.15, -0.1) is 0 Å². The highest BCUT2D eigenvalue weighted by Crippen LogP contribution is 2.30. The molecule has 0 atom stereocenters. The number of para-hydroxylation sites is 2. The van der Waals surface area contributed by atoms with Gasteiger partial charge in [-0.1, -0.05) is 19.1 Å². The molecule has 2 fully saturated rings. The normalized spacial score (nSPS) is 17.7. The van der Waals surface area contributed by atoms with Gasteiger partial charge in [0.25, 0.3) is 15.9 Å². The number of carbonyl (C=O) groups is 1. The van der Waals surface area contributed by atoms with E-state index in [2.05, 4.69) is 10.00 Å². The smallest absolute Gasteiger partial charge is 0.263 e. The van der Waals surface area contributed by atoms with Crippen molar-refractivity contribution in [2.75, 3.05) is 50.8 Å². The summed E-state index contributed by atoms with van der Waals surface area (Å²) < 4.78 is 36.1. The highest BCUT2D eigenvalue weighted by molar-refractivity contribution is 7.89. The SMILES string of the molecule is CCCn1cc(C(=O)N2CCCCC2)c(S(=O)(=O)N2CCN(c3ccccc3OCC)CC2)n1. The van der Waals surface area contributed by atoms with Crippen LogP contribution in [0, 0.1) is 0 Å². The molecule has 9 nitrogen and oxygen atoms in total. The molecule has 0 aliphatic carbocycles. The van der Waals surface area contributed by atoms with Crippen LogP contribution in [0.15, 0.2) is 35.5 Å². The Morgan fingerprint density at radius 1 is 1.00 bits per heavy atom. The van der Waals surface area contributed by atoms with Crippen molar-refractivity contribution in [2.24, 2.45) is 0 Å². The second-order valence-electron chi connectivity index (χ2n) is 8.76. The van der Waals surface area contributed by atoms with Crippen LogP contribution in [0.1, 0.15) is 49.9 Å². The zero-order chi connectivity index (χ0) is 24.1. The molecule has 2 aromatic rings. The summed E-state index contributed by atoms with van der Waals surface area (Å²) in [5.74, 6) is 0.568. The number of piperidine rings is 1. The van der Waals surface area contributed by atoms with Gasteiger partial charge >= 0.3 is 0 Å². The van der Waals surface area contributed by atoms with Gasteiger partial charge in [0.2, 0.25) is 5.03 Å². The van der Waals surface area contributed by atoms with Gasteiger partial charge in [0.1, 0.15) is 5.75 Å². The summed E-state index contributed by atoms with van der Waals surface area (Å²) in [5.41, 5.74) is 1.16. The van der Waals surface area contributed by atoms with E-state index in [0.717, 1.165) is 37.1 Å². The van der Waals surface area contributed by atoms with Gasteiger partial charge < -0.3 is 14.5 Å². The third-order valence-electron chi connectivity index (χ3n) is 6.38. The molecule has 0 unspecified atom stereocenters. The Balaban J connectivity index is 1.55. The number of aromatic nitrogens is 2. The number of sulfonamides is 1. The molecule has 2 aliphatic rings. The summed E-state index contributed by atoms with van der Waals surface area (Å²) in [6.45, 7) is 8.12. The van der Waals surface area contributed by atoms with Crippen molar-refractivity contribution in [2.45, 2.75) is 51.1 Å². The molecule has 2 saturated heterocycles. The molecule has 1 aromatic heterocycles. The first-order chi connectivity index (χ1) is 16.5. The highest BCUT2D eigenvalue weighted by atomic mass is 32.2. The van der Waals surface area contributed by atoms with Crippen molar-refractivity contribution in [1.29, 1.82) is 0 Å². The molecule has 2 aliphatic heterocycles. The van der Waals surface area contributed by atoms with Crippen molar-refractivity contribution in [3.63, 3.8) is 0 Å². The highest BCUT2D eigenvalue weighted by Gasteiger charge is 2.36. The van der Waals surface area contributed by atoms with E-state index in [9.17, 15) is 13.2 Å². The topological polar surface area (TPSA) is 88.0 Å². The molecule has 0 N–H and O–H groups in total. The van der Waals surface area contributed by atoms with E-state index >= 15 is 0 Å². The number of rotatable bonds is 8. The van der Waals surface area contributed by atoms with Crippen LogP contribution in [0.3, 0.4) is 0 Å². The lowest BCUT2D eigenvalue weighted by molar-refractivity contribution is 0.0720. The van der Waals surface area contributed by atoms with Crippen molar-refractivity contribution in [3.8, 4) is 5.75 Å². The van der Waals surface area contributed by atoms with Crippen LogP contribution in [0.2, 0.25) is 0 Å². The number of amides is 1. The van der Waals surface area contributed by atoms with Crippen molar-refractivity contribution in [1.82, 2.24) is 19.0 Å². The predicted molar refractivity (Wildman–Crippen MR) is 131 cm³/mol. The van der Waals surface area contributed by atoms with Gasteiger partial charge in [-0.05, 0) is 44.7 Å². The molecule has 34 heavy (non-hydrogen) atoms. The fourth-order valence-electron chi connectivity index (χ4n) is 4.64. The minimum atomic E-state index is -3.90. The van der Waals surface area contributed by atoms with Gasteiger partial charge in [0.15, 0.2) is 0 Å². The van der Waals surface area contributed by atoms with Crippen molar-refractivity contribution < 1.29 is 17.9 Å². The number of nitrogens with zero attached hydrogens (tertiary/aromatic N) is 5. The molecule has 0 spiro atoms. The van der Waals surface area contributed by atoms with Gasteiger partial charge in [-0.2, -0.15) is 9.40 Å². The van der Waals surface area contributed by atoms with Gasteiger partial charge in [-0.3, -0.25) is 9.48 Å². The molecule has 1 aromatic carbocycles. The number of benzene rings is 1. The molecule has 1 amide bonds. The van der Waals surface area contributed by atoms with Gasteiger partial charge in [-0.25, -0.2) is 8.42 Å². The van der Waals surface area contributed by atoms with Gasteiger partial charge in [0, 0.05) is 52.0 Å². The fourth-order valence-corrected chi connectivity index (χ4v) is 6.15. The Hall–Kier alpha value is -2.59. The summed E-state index contributed by atoms with van der Waals surface area (Å²) >= 11 is 0. The van der Waals surface area contributed by atoms with Crippen LogP contribution in [-0.4, -0.2) is 79.2 Å². The van der Waals surface area contributed by atoms with Crippen LogP contribution in [0.5, 0.6) is 5.75 Å². The first kappa shape index (κ1) is 24.5. The van der Waals surface area contributed by atoms with Crippen LogP contribution in [0.4, 0.5) is 5.69 Å². The average Bonchev–Trinajstić information content (AvgIpc) is 3.30. The Morgan fingerprint density at radius 2 is 1.71 bits per heavy atom. The van der Waals surface area contributed by atoms with Crippen LogP contribution in [0.25, 0.3) is 0 Å². The lowest BCUT2D eigenvalue weighted by atomic mass is 10.1. The quantitative estimate of drug-likeness (QED) is 0.567. The van der Waals surface area contributed by atoms with E-state index in [-0.39, 0.29) is 16.5 Å². The third-order valence-corrected chi connectivity index (χ3v) is 8.22. The van der Waals surface area contributed by atoms with E-state index in [0.29, 0.717) is 52.4 Å². The lowest BCUT2D eigenvalue weighted by Crippen LogP contribution is -2.49. The number of carbonyl (C=O) groups excluding carboxylic acids is 1. The zero-order valence-electron chi connectivity index (χ0n) is 20.1. The summed E-state index contributed by atoms with van der Waals surface area (Å²) in [5, 5.41) is 4.27. The van der Waals surface area contributed by atoms with E-state index in [4.69, 9.17) is 4.74 Å². The number of hydrogen-bond acceptors (Lipinski definition) is 6. The molecule has 3 heterocycles. The second kappa shape index (κ2) is 10.8. The number of anilines is 1. The molecule has 10 heteroatoms. The summed E-state index contributed by atoms with van der Waals surface area (Å²) in [6, 6.07) is 7.82. The van der Waals surface area contributed by atoms with E-state index in [1.807, 2.05) is 38.1 Å². The standard InChI is InChI=1S/C24H35N5O4S/c1-3-12-28-19-20(24(30)27-13-8-5-9-14-27)23(25-28)34(31,32)29-17-15-26(16-18-29)21-10-6-7-11-22(21)33-4-2/h6-7,10-11,19H,3-5,8-9,12-18H2,1-2H3. The Kier molecular flexibility index (Phi) is 7.77. The maximum Gasteiger partial charge on any atom is 0.263 e. The summed E-state index contributed by atoms with van der Waals surface area (Å²) in [6.07, 6.45) is 5.41. The number of hydrogen-bond donors (Lipinski definition) is 0. The number of ether oxygens (including phenoxy) is 1. The molecule has 0 saturated carbocycles. The summed E-state index contributed by atoms with van der Waals surface area (Å²) in [4.78, 5) is 17.2. The third kappa shape index (κ3) is 5.07. The molecular formula is C24H35N5O4S. The lowest BCUT2D eigenvalue weighted by Gasteiger charge is -2.35. The molecule has 4 rings (SSSR count). The fraction of sp³-hybridized carbons (Fsp3) is 0.583. The number of piperazine rings is 1. The Morgan fingerprint density at radius 3 is 2.38 bits per heavy atom. The molecular weight excluding hydrogens is 454 g/mol. The van der Waals surface area contributed by atoms with E-state index < -0.39 is 10.0 Å². The Labute approximate surface area is 202 Å². The average molecular weight is 490 g/mol. The molecule has 186 valence electrons. The van der Waals surface area contributed by atoms with Crippen molar-refractivity contribution in [3.05, 3.63) is 36.0 Å². The first-order valence-corrected chi connectivity index (χ1v) is 13.7. The first-order valence-electron chi connectivity index (χ1n) is 12.3. The maximum absolute atomic E-state index is 13.7. The van der Waals surface area contributed by atoms with E-state index in [1.54, 1.807) is 15.8 Å². The van der Waals surface area contributed by atoms with Crippen LogP contribution < -0.4 is 9.64 Å². The molecule has 0 bridgehead atoms. The van der Waals surface area contributed by atoms with E-state index in [1.165, 1.54) is 4.31 Å². The Bertz CT molecular complexity index is 1090. The van der Waals surface area contributed by atoms with Crippen LogP contribution in [-0.2, 0) is 16.6 Å². The number of likely N-dealkylation sites (tertiary alicyclic amines) is 1. The monoisotopic (exact) mass is 489 g/mol. The number of aryl methyl sites for hydroxylation is 1. The van der Waals surface area contributed by atoms with Gasteiger partial charge in [0.05, 0.1) is 17.9 Å². The summed E-state index contributed by atoms with van der Waals surface area (Å²) in [7, 11) is -3.90. The minimum absolute atomic E-state index is 0.111.